The zero-order valence-electron chi connectivity index (χ0n) is 20.4. The minimum Gasteiger partial charge on any atom is -0.464 e. The lowest BCUT2D eigenvalue weighted by atomic mass is 9.78. The lowest BCUT2D eigenvalue weighted by molar-refractivity contribution is 0.0519. The second kappa shape index (κ2) is 9.51. The molecule has 2 aliphatic rings. The molecule has 190 valence electrons. The van der Waals surface area contributed by atoms with Crippen molar-refractivity contribution < 1.29 is 32.0 Å². The molecule has 0 radical (unpaired) electrons. The van der Waals surface area contributed by atoms with E-state index in [2.05, 4.69) is 0 Å². The van der Waals surface area contributed by atoms with Gasteiger partial charge in [-0.25, -0.2) is 13.2 Å². The van der Waals surface area contributed by atoms with Crippen molar-refractivity contribution in [2.24, 2.45) is 5.41 Å². The standard InChI is InChI=1S/C24H30N2O7S2/c1-5-32-23(29)20-16(3)33-17(4)21(20)35(30,31)26-13-10-24(14-26)8-11-25(12-9-24)22(28)19-7-6-18(34-19)15(2)27/h6-7H,5,8-14H2,1-4H3. The molecule has 0 atom stereocenters. The average molecular weight is 523 g/mol. The minimum atomic E-state index is -3.97. The Bertz CT molecular complexity index is 1270. The van der Waals surface area contributed by atoms with E-state index in [4.69, 9.17) is 9.15 Å². The number of hydrogen-bond donors (Lipinski definition) is 0. The molecular formula is C24H30N2O7S2. The van der Waals surface area contributed by atoms with Crippen LogP contribution < -0.4 is 0 Å². The van der Waals surface area contributed by atoms with Crippen LogP contribution in [0.2, 0.25) is 0 Å². The van der Waals surface area contributed by atoms with Crippen LogP contribution in [0.25, 0.3) is 0 Å². The molecule has 0 aliphatic carbocycles. The van der Waals surface area contributed by atoms with Gasteiger partial charge in [-0.1, -0.05) is 0 Å². The molecule has 0 saturated carbocycles. The summed E-state index contributed by atoms with van der Waals surface area (Å²) in [6.45, 7) is 8.10. The summed E-state index contributed by atoms with van der Waals surface area (Å²) < 4.78 is 39.2. The van der Waals surface area contributed by atoms with E-state index in [1.807, 2.05) is 0 Å². The number of Topliss-reactive ketones (excluding diaryl/α,β-unsaturated/α-hetero) is 1. The number of esters is 1. The fourth-order valence-electron chi connectivity index (χ4n) is 5.03. The van der Waals surface area contributed by atoms with E-state index in [0.717, 1.165) is 0 Å². The van der Waals surface area contributed by atoms with Crippen molar-refractivity contribution in [1.82, 2.24) is 9.21 Å². The molecule has 0 N–H and O–H groups in total. The van der Waals surface area contributed by atoms with Gasteiger partial charge in [0.15, 0.2) is 5.78 Å². The number of ether oxygens (including phenoxy) is 1. The van der Waals surface area contributed by atoms with Crippen LogP contribution in [0.15, 0.2) is 21.4 Å². The van der Waals surface area contributed by atoms with Crippen molar-refractivity contribution in [3.8, 4) is 0 Å². The van der Waals surface area contributed by atoms with Gasteiger partial charge in [-0.2, -0.15) is 4.31 Å². The summed E-state index contributed by atoms with van der Waals surface area (Å²) in [5.74, 6) is -0.464. The fraction of sp³-hybridized carbons (Fsp3) is 0.542. The molecule has 35 heavy (non-hydrogen) atoms. The number of piperidine rings is 1. The van der Waals surface area contributed by atoms with Crippen molar-refractivity contribution in [2.45, 2.75) is 51.9 Å². The summed E-state index contributed by atoms with van der Waals surface area (Å²) in [5, 5.41) is 0. The number of amides is 1. The number of likely N-dealkylation sites (tertiary alicyclic amines) is 1. The Morgan fingerprint density at radius 3 is 2.29 bits per heavy atom. The van der Waals surface area contributed by atoms with Crippen molar-refractivity contribution >= 4 is 39.0 Å². The normalized spacial score (nSPS) is 18.2. The van der Waals surface area contributed by atoms with Crippen molar-refractivity contribution in [3.63, 3.8) is 0 Å². The first-order valence-corrected chi connectivity index (χ1v) is 13.9. The maximum atomic E-state index is 13.6. The number of nitrogens with zero attached hydrogens (tertiary/aromatic N) is 2. The van der Waals surface area contributed by atoms with Crippen LogP contribution in [-0.2, 0) is 14.8 Å². The van der Waals surface area contributed by atoms with E-state index >= 15 is 0 Å². The molecule has 4 rings (SSSR count). The van der Waals surface area contributed by atoms with Gasteiger partial charge in [0.25, 0.3) is 5.91 Å². The van der Waals surface area contributed by atoms with E-state index in [-0.39, 0.29) is 45.7 Å². The fourth-order valence-corrected chi connectivity index (χ4v) is 7.82. The van der Waals surface area contributed by atoms with E-state index in [1.165, 1.54) is 22.6 Å². The third-order valence-electron chi connectivity index (χ3n) is 6.96. The van der Waals surface area contributed by atoms with Crippen molar-refractivity contribution in [1.29, 1.82) is 0 Å². The van der Waals surface area contributed by atoms with Crippen molar-refractivity contribution in [3.05, 3.63) is 39.0 Å². The first-order valence-electron chi connectivity index (χ1n) is 11.7. The Morgan fingerprint density at radius 1 is 1.06 bits per heavy atom. The van der Waals surface area contributed by atoms with E-state index in [0.29, 0.717) is 55.2 Å². The second-order valence-electron chi connectivity index (χ2n) is 9.24. The third-order valence-corrected chi connectivity index (χ3v) is 10.1. The number of carbonyl (C=O) groups excluding carboxylic acids is 3. The molecule has 1 spiro atoms. The minimum absolute atomic E-state index is 0.0356. The highest BCUT2D eigenvalue weighted by atomic mass is 32.2. The molecule has 0 aromatic carbocycles. The van der Waals surface area contributed by atoms with Gasteiger partial charge in [-0.15, -0.1) is 11.3 Å². The van der Waals surface area contributed by atoms with Crippen molar-refractivity contribution in [2.75, 3.05) is 32.8 Å². The molecule has 2 fully saturated rings. The summed E-state index contributed by atoms with van der Waals surface area (Å²) in [5.41, 5.74) is -0.257. The van der Waals surface area contributed by atoms with E-state index < -0.39 is 16.0 Å². The average Bonchev–Trinajstić information content (AvgIpc) is 3.52. The molecule has 2 aliphatic heterocycles. The Labute approximate surface area is 209 Å². The van der Waals surface area contributed by atoms with E-state index in [1.54, 1.807) is 37.8 Å². The largest absolute Gasteiger partial charge is 0.464 e. The van der Waals surface area contributed by atoms with Gasteiger partial charge in [0.05, 0.1) is 16.4 Å². The maximum Gasteiger partial charge on any atom is 0.343 e. The first kappa shape index (κ1) is 25.6. The molecule has 2 aromatic rings. The topological polar surface area (TPSA) is 114 Å². The molecule has 0 bridgehead atoms. The Morgan fingerprint density at radius 2 is 1.69 bits per heavy atom. The van der Waals surface area contributed by atoms with Crippen LogP contribution in [0, 0.1) is 19.3 Å². The lowest BCUT2D eigenvalue weighted by Crippen LogP contribution is -2.44. The number of thiophene rings is 1. The van der Waals surface area contributed by atoms with Gasteiger partial charge in [0.1, 0.15) is 22.0 Å². The van der Waals surface area contributed by atoms with Crippen LogP contribution in [0.1, 0.15) is 74.3 Å². The summed E-state index contributed by atoms with van der Waals surface area (Å²) >= 11 is 1.20. The highest BCUT2D eigenvalue weighted by Crippen LogP contribution is 2.43. The van der Waals surface area contributed by atoms with Crippen LogP contribution in [-0.4, -0.2) is 68.1 Å². The molecule has 11 heteroatoms. The smallest absolute Gasteiger partial charge is 0.343 e. The SMILES string of the molecule is CCOC(=O)c1c(C)oc(C)c1S(=O)(=O)N1CCC2(CCN(C(=O)c3ccc(C(C)=O)s3)CC2)C1. The number of furan rings is 1. The van der Waals surface area contributed by atoms with Gasteiger partial charge in [-0.05, 0) is 64.5 Å². The summed E-state index contributed by atoms with van der Waals surface area (Å²) in [6.07, 6.45) is 2.06. The number of ketones is 1. The van der Waals surface area contributed by atoms with Gasteiger partial charge < -0.3 is 14.1 Å². The number of aryl methyl sites for hydroxylation is 2. The summed E-state index contributed by atoms with van der Waals surface area (Å²) in [6, 6.07) is 3.36. The van der Waals surface area contributed by atoms with Gasteiger partial charge in [-0.3, -0.25) is 9.59 Å². The zero-order valence-corrected chi connectivity index (χ0v) is 22.0. The predicted octanol–water partition coefficient (Wildman–Crippen LogP) is 3.65. The molecule has 9 nitrogen and oxygen atoms in total. The number of hydrogen-bond acceptors (Lipinski definition) is 8. The Kier molecular flexibility index (Phi) is 6.96. The highest BCUT2D eigenvalue weighted by molar-refractivity contribution is 7.89. The molecule has 2 aromatic heterocycles. The van der Waals surface area contributed by atoms with Gasteiger partial charge in [0.2, 0.25) is 10.0 Å². The van der Waals surface area contributed by atoms with Gasteiger partial charge >= 0.3 is 5.97 Å². The highest BCUT2D eigenvalue weighted by Gasteiger charge is 2.47. The van der Waals surface area contributed by atoms with E-state index in [9.17, 15) is 22.8 Å². The second-order valence-corrected chi connectivity index (χ2v) is 12.2. The molecule has 1 amide bonds. The predicted molar refractivity (Wildman–Crippen MR) is 129 cm³/mol. The molecule has 2 saturated heterocycles. The number of sulfonamides is 1. The van der Waals surface area contributed by atoms with Crippen LogP contribution in [0.3, 0.4) is 0 Å². The summed E-state index contributed by atoms with van der Waals surface area (Å²) in [7, 11) is -3.97. The lowest BCUT2D eigenvalue weighted by Gasteiger charge is -2.39. The quantitative estimate of drug-likeness (QED) is 0.420. The van der Waals surface area contributed by atoms with Crippen LogP contribution in [0.5, 0.6) is 0 Å². The zero-order chi connectivity index (χ0) is 25.5. The number of carbonyl (C=O) groups is 3. The molecule has 0 unspecified atom stereocenters. The Balaban J connectivity index is 1.47. The van der Waals surface area contributed by atoms with Crippen LogP contribution in [0.4, 0.5) is 0 Å². The molecule has 4 heterocycles. The monoisotopic (exact) mass is 522 g/mol. The summed E-state index contributed by atoms with van der Waals surface area (Å²) in [4.78, 5) is 39.7. The van der Waals surface area contributed by atoms with Crippen LogP contribution >= 0.6 is 11.3 Å². The first-order chi connectivity index (χ1) is 16.5. The number of rotatable bonds is 6. The van der Waals surface area contributed by atoms with Gasteiger partial charge in [0, 0.05) is 26.2 Å². The maximum absolute atomic E-state index is 13.6. The third kappa shape index (κ3) is 4.68. The Hall–Kier alpha value is -2.50. The molecular weight excluding hydrogens is 492 g/mol.